The summed E-state index contributed by atoms with van der Waals surface area (Å²) in [5, 5.41) is 0. The van der Waals surface area contributed by atoms with E-state index in [-0.39, 0.29) is 83.1 Å². The van der Waals surface area contributed by atoms with E-state index >= 15 is 0 Å². The number of benzene rings is 2. The van der Waals surface area contributed by atoms with Gasteiger partial charge in [-0.25, -0.2) is 7.05 Å². The first-order valence-electron chi connectivity index (χ1n) is 10.2. The second kappa shape index (κ2) is 16.8. The van der Waals surface area contributed by atoms with Gasteiger partial charge in [0.05, 0.1) is 18.5 Å². The molecule has 2 heterocycles. The third-order valence-electron chi connectivity index (χ3n) is 4.30. The molecule has 0 fully saturated rings. The summed E-state index contributed by atoms with van der Waals surface area (Å²) in [6.07, 6.45) is 1.21. The number of nitrogens with zero attached hydrogens (tertiary/aromatic N) is 2. The van der Waals surface area contributed by atoms with Gasteiger partial charge in [0.1, 0.15) is 0 Å². The van der Waals surface area contributed by atoms with Gasteiger partial charge < -0.3 is 4.90 Å². The van der Waals surface area contributed by atoms with Crippen LogP contribution in [0.15, 0.2) is 48.5 Å². The van der Waals surface area contributed by atoms with Crippen molar-refractivity contribution < 1.29 is 79.8 Å². The zero-order chi connectivity index (χ0) is 22.0. The number of para-hydroxylation sites is 2. The molecule has 7 heteroatoms. The van der Waals surface area contributed by atoms with Crippen LogP contribution in [0.4, 0.5) is 11.4 Å². The van der Waals surface area contributed by atoms with Gasteiger partial charge in [-0.1, -0.05) is 71.0 Å². The normalized spacial score (nSPS) is 12.3. The number of hydrogen-bond donors (Lipinski definition) is 0. The molecule has 2 aromatic carbocycles. The van der Waals surface area contributed by atoms with Crippen LogP contribution in [0.1, 0.15) is 52.2 Å². The van der Waals surface area contributed by atoms with Crippen molar-refractivity contribution in [1.29, 1.82) is 0 Å². The maximum absolute atomic E-state index is 11.5. The first-order valence-corrected chi connectivity index (χ1v) is 10.2. The van der Waals surface area contributed by atoms with Crippen LogP contribution in [0.25, 0.3) is 0 Å². The molecule has 0 N–H and O–H groups in total. The molecule has 0 aromatic heterocycles. The van der Waals surface area contributed by atoms with Gasteiger partial charge in [-0.3, -0.25) is 19.3 Å². The van der Waals surface area contributed by atoms with E-state index in [4.69, 9.17) is 0 Å². The zero-order valence-electron chi connectivity index (χ0n) is 19.2. The van der Waals surface area contributed by atoms with Crippen molar-refractivity contribution in [2.45, 2.75) is 53.9 Å². The minimum absolute atomic E-state index is 0. The number of rotatable bonds is 1. The molecule has 0 atom stereocenters. The second-order valence-electron chi connectivity index (χ2n) is 5.91. The minimum Gasteiger partial charge on any atom is -0.467 e. The Morgan fingerprint density at radius 3 is 1.71 bits per heavy atom. The number of anilines is 2. The first kappa shape index (κ1) is 32.4. The largest absolute Gasteiger partial charge is 0.467 e. The van der Waals surface area contributed by atoms with Gasteiger partial charge in [0.2, 0.25) is 17.7 Å². The van der Waals surface area contributed by atoms with E-state index in [2.05, 4.69) is 7.05 Å². The average Bonchev–Trinajstić information content (AvgIpc) is 3.26. The molecular weight excluding hydrogens is 542 g/mol. The number of amides is 3. The van der Waals surface area contributed by atoms with Crippen molar-refractivity contribution in [3.63, 3.8) is 0 Å². The van der Waals surface area contributed by atoms with E-state index in [1.807, 2.05) is 76.2 Å². The van der Waals surface area contributed by atoms with Gasteiger partial charge in [0.15, 0.2) is 0 Å². The van der Waals surface area contributed by atoms with Crippen molar-refractivity contribution >= 4 is 29.1 Å². The third-order valence-corrected chi connectivity index (χ3v) is 4.30. The van der Waals surface area contributed by atoms with Crippen LogP contribution in [0.2, 0.25) is 0 Å². The van der Waals surface area contributed by atoms with Crippen LogP contribution in [0, 0.1) is 7.05 Å². The number of hydrogen-bond acceptors (Lipinski definition) is 3. The molecule has 5 nitrogen and oxygen atoms in total. The number of imide groups is 1. The molecular formula is C24H31N2O3Y2-. The van der Waals surface area contributed by atoms with Crippen molar-refractivity contribution in [1.82, 2.24) is 0 Å². The summed E-state index contributed by atoms with van der Waals surface area (Å²) in [6, 6.07) is 15.1. The molecule has 31 heavy (non-hydrogen) atoms. The Morgan fingerprint density at radius 1 is 0.806 bits per heavy atom. The van der Waals surface area contributed by atoms with Gasteiger partial charge in [0, 0.05) is 77.5 Å². The zero-order valence-corrected chi connectivity index (χ0v) is 24.9. The quantitative estimate of drug-likeness (QED) is 0.455. The predicted octanol–water partition coefficient (Wildman–Crippen LogP) is 4.93. The summed E-state index contributed by atoms with van der Waals surface area (Å²) >= 11 is 0. The van der Waals surface area contributed by atoms with E-state index in [0.717, 1.165) is 22.5 Å². The smallest absolute Gasteiger partial charge is 0.238 e. The average molecular weight is 573 g/mol. The molecule has 3 amide bonds. The van der Waals surface area contributed by atoms with Gasteiger partial charge in [-0.05, 0) is 23.3 Å². The van der Waals surface area contributed by atoms with Gasteiger partial charge in [-0.2, -0.15) is 0 Å². The molecule has 2 aliphatic rings. The molecule has 0 saturated carbocycles. The fraction of sp³-hybridized carbons (Fsp3) is 0.333. The Kier molecular flexibility index (Phi) is 17.6. The summed E-state index contributed by atoms with van der Waals surface area (Å²) in [6.45, 7) is 9.76. The molecule has 2 aromatic rings. The summed E-state index contributed by atoms with van der Waals surface area (Å²) in [5.41, 5.74) is 3.72. The Labute approximate surface area is 237 Å². The summed E-state index contributed by atoms with van der Waals surface area (Å²) in [4.78, 5) is 36.9. The molecule has 162 valence electrons. The molecule has 4 rings (SSSR count). The van der Waals surface area contributed by atoms with E-state index in [1.54, 1.807) is 6.92 Å². The molecule has 0 aliphatic carbocycles. The maximum Gasteiger partial charge on any atom is 0.238 e. The fourth-order valence-corrected chi connectivity index (χ4v) is 3.00. The fourth-order valence-electron chi connectivity index (χ4n) is 3.00. The van der Waals surface area contributed by atoms with Gasteiger partial charge in [0.25, 0.3) is 0 Å². The van der Waals surface area contributed by atoms with E-state index in [0.29, 0.717) is 19.3 Å². The standard InChI is InChI=1S/C11H11NO2.C9H8NO.2C2H6.2Y/c1-2-10(13)12-9-6-4-3-5-8(9)7-11(12)14;1-10-8-5-3-2-4-7(8)6-9(10)11;2*1-2;;/h3-6H,2,7H2,1H3;2-5H,1,6H2;2*1-2H3;;/q;-1;;;;. The van der Waals surface area contributed by atoms with Crippen LogP contribution in [0.5, 0.6) is 0 Å². The van der Waals surface area contributed by atoms with Crippen LogP contribution < -0.4 is 9.80 Å². The first-order chi connectivity index (χ1) is 14.0. The van der Waals surface area contributed by atoms with Gasteiger partial charge >= 0.3 is 0 Å². The Hall–Kier alpha value is -0.742. The number of carbonyl (C=O) groups excluding carboxylic acids is 3. The molecule has 2 aliphatic heterocycles. The van der Waals surface area contributed by atoms with Crippen LogP contribution in [-0.4, -0.2) is 17.7 Å². The Bertz CT molecular complexity index is 848. The minimum atomic E-state index is -0.125. The molecule has 2 radical (unpaired) electrons. The van der Waals surface area contributed by atoms with E-state index in [9.17, 15) is 14.4 Å². The Balaban J connectivity index is 0. The van der Waals surface area contributed by atoms with Crippen molar-refractivity contribution in [3.8, 4) is 0 Å². The monoisotopic (exact) mass is 573 g/mol. The number of fused-ring (bicyclic) bond motifs is 2. The summed E-state index contributed by atoms with van der Waals surface area (Å²) in [7, 11) is 3.64. The maximum atomic E-state index is 11.5. The van der Waals surface area contributed by atoms with Crippen molar-refractivity contribution in [2.24, 2.45) is 0 Å². The van der Waals surface area contributed by atoms with E-state index < -0.39 is 0 Å². The number of carbonyl (C=O) groups is 3. The topological polar surface area (TPSA) is 57.7 Å². The summed E-state index contributed by atoms with van der Waals surface area (Å²) < 4.78 is 0. The molecule has 0 bridgehead atoms. The van der Waals surface area contributed by atoms with Crippen LogP contribution in [0.3, 0.4) is 0 Å². The molecule has 0 saturated heterocycles. The predicted molar refractivity (Wildman–Crippen MR) is 119 cm³/mol. The van der Waals surface area contributed by atoms with Crippen molar-refractivity contribution in [3.05, 3.63) is 66.7 Å². The third kappa shape index (κ3) is 8.27. The van der Waals surface area contributed by atoms with Crippen molar-refractivity contribution in [2.75, 3.05) is 9.80 Å². The second-order valence-corrected chi connectivity index (χ2v) is 5.91. The molecule has 0 spiro atoms. The summed E-state index contributed by atoms with van der Waals surface area (Å²) in [5.74, 6) is -0.163. The van der Waals surface area contributed by atoms with Crippen LogP contribution in [-0.2, 0) is 92.6 Å². The van der Waals surface area contributed by atoms with E-state index in [1.165, 1.54) is 9.80 Å². The van der Waals surface area contributed by atoms with Gasteiger partial charge in [-0.15, -0.1) is 0 Å². The SMILES string of the molecule is CC.CC.CCC(=O)N1C(=O)Cc2ccccc21.[CH2-]N1C(=O)Cc2ccccc21.[Y].[Y]. The van der Waals surface area contributed by atoms with Crippen LogP contribution >= 0.6 is 0 Å². The Morgan fingerprint density at radius 2 is 1.23 bits per heavy atom. The molecule has 0 unspecified atom stereocenters.